The maximum Gasteiger partial charge on any atom is 0.414 e. The number of carbonyl (C=O) groups is 2. The fraction of sp³-hybridized carbons (Fsp3) is 0.640. The lowest BCUT2D eigenvalue weighted by Crippen LogP contribution is -2.45. The van der Waals surface area contributed by atoms with Gasteiger partial charge in [0.05, 0.1) is 5.60 Å². The molecule has 0 atom stereocenters. The molecule has 186 valence electrons. The molecule has 0 saturated heterocycles. The summed E-state index contributed by atoms with van der Waals surface area (Å²) in [6, 6.07) is 8.30. The van der Waals surface area contributed by atoms with Crippen LogP contribution in [0.4, 0.5) is 9.59 Å². The molecule has 0 aliphatic carbocycles. The maximum absolute atomic E-state index is 11.9. The van der Waals surface area contributed by atoms with Crippen LogP contribution in [0, 0.1) is 0 Å². The third-order valence-electron chi connectivity index (χ3n) is 5.04. The topological polar surface area (TPSA) is 120 Å². The zero-order valence-electron chi connectivity index (χ0n) is 20.7. The summed E-state index contributed by atoms with van der Waals surface area (Å²) in [5, 5.41) is 24.2. The molecule has 8 heteroatoms. The van der Waals surface area contributed by atoms with E-state index in [1.807, 2.05) is 12.1 Å². The van der Waals surface area contributed by atoms with Crippen LogP contribution in [0.5, 0.6) is 0 Å². The van der Waals surface area contributed by atoms with Gasteiger partial charge in [-0.05, 0) is 70.4 Å². The highest BCUT2D eigenvalue weighted by Gasteiger charge is 2.24. The first-order valence-corrected chi connectivity index (χ1v) is 11.8. The van der Waals surface area contributed by atoms with Gasteiger partial charge < -0.3 is 14.9 Å². The number of nitrogens with zero attached hydrogens (tertiary/aromatic N) is 1. The summed E-state index contributed by atoms with van der Waals surface area (Å²) in [5.41, 5.74) is 1.06. The highest BCUT2D eigenvalue weighted by Crippen LogP contribution is 2.25. The van der Waals surface area contributed by atoms with Gasteiger partial charge in [0.1, 0.15) is 5.60 Å². The monoisotopic (exact) mass is 463 g/mol. The van der Waals surface area contributed by atoms with Crippen molar-refractivity contribution in [2.24, 2.45) is 4.99 Å². The zero-order valence-corrected chi connectivity index (χ0v) is 20.7. The number of rotatable bonds is 11. The number of aryl methyl sites for hydroxylation is 2. The maximum atomic E-state index is 11.9. The number of amides is 2. The van der Waals surface area contributed by atoms with Gasteiger partial charge in [-0.1, -0.05) is 51.0 Å². The number of nitrogens with one attached hydrogen (secondary N) is 2. The number of guanidine groups is 1. The molecule has 8 nitrogen and oxygen atoms in total. The summed E-state index contributed by atoms with van der Waals surface area (Å²) >= 11 is 0. The van der Waals surface area contributed by atoms with Crippen LogP contribution >= 0.6 is 0 Å². The Morgan fingerprint density at radius 3 is 2.15 bits per heavy atom. The number of aliphatic hydroxyl groups is 1. The highest BCUT2D eigenvalue weighted by molar-refractivity contribution is 6.00. The summed E-state index contributed by atoms with van der Waals surface area (Å²) in [5.74, 6) is -0.156. The lowest BCUT2D eigenvalue weighted by Gasteiger charge is -2.27. The van der Waals surface area contributed by atoms with Gasteiger partial charge in [0.2, 0.25) is 5.96 Å². The molecule has 1 aromatic carbocycles. The number of carboxylic acid groups (broad SMARTS) is 1. The van der Waals surface area contributed by atoms with Crippen molar-refractivity contribution in [1.29, 1.82) is 0 Å². The minimum absolute atomic E-state index is 0.156. The first-order valence-electron chi connectivity index (χ1n) is 11.8. The quantitative estimate of drug-likeness (QED) is 0.208. The van der Waals surface area contributed by atoms with Crippen molar-refractivity contribution in [3.8, 4) is 0 Å². The second-order valence-electron chi connectivity index (χ2n) is 9.44. The second kappa shape index (κ2) is 13.8. The molecular formula is C25H41N3O5. The number of hydrogen-bond acceptors (Lipinski definition) is 5. The molecule has 1 aromatic rings. The minimum Gasteiger partial charge on any atom is -0.465 e. The van der Waals surface area contributed by atoms with Crippen LogP contribution in [0.3, 0.4) is 0 Å². The van der Waals surface area contributed by atoms with Crippen LogP contribution in [-0.2, 0) is 17.6 Å². The standard InChI is InChI=1S/C25H41N3O5/c1-6-14-25(32,15-7-2)16-13-20-11-8-10-19(18-20)12-9-17-26-21(27-22(29)30)28-23(31)33-24(3,4)5/h8,10-11,18,32H,6-7,9,12-17H2,1-5H3,(H,29,30)(H2,26,27,28,31). The van der Waals surface area contributed by atoms with Crippen LogP contribution in [0.25, 0.3) is 0 Å². The Balaban J connectivity index is 2.64. The molecule has 33 heavy (non-hydrogen) atoms. The number of hydrogen-bond donors (Lipinski definition) is 4. The Morgan fingerprint density at radius 2 is 1.61 bits per heavy atom. The van der Waals surface area contributed by atoms with Gasteiger partial charge in [-0.25, -0.2) is 9.59 Å². The molecule has 0 heterocycles. The van der Waals surface area contributed by atoms with Crippen molar-refractivity contribution in [3.05, 3.63) is 35.4 Å². The van der Waals surface area contributed by atoms with Crippen LogP contribution in [0.1, 0.15) is 84.3 Å². The molecule has 0 radical (unpaired) electrons. The van der Waals surface area contributed by atoms with Gasteiger partial charge in [-0.15, -0.1) is 0 Å². The number of aliphatic imine (C=N–C) groups is 1. The molecule has 0 aliphatic heterocycles. The fourth-order valence-electron chi connectivity index (χ4n) is 3.71. The van der Waals surface area contributed by atoms with Crippen molar-refractivity contribution in [2.45, 2.75) is 97.2 Å². The molecule has 4 N–H and O–H groups in total. The third kappa shape index (κ3) is 12.9. The Kier molecular flexibility index (Phi) is 11.9. The predicted molar refractivity (Wildman–Crippen MR) is 131 cm³/mol. The van der Waals surface area contributed by atoms with Crippen molar-refractivity contribution in [3.63, 3.8) is 0 Å². The van der Waals surface area contributed by atoms with Crippen molar-refractivity contribution in [2.75, 3.05) is 6.54 Å². The van der Waals surface area contributed by atoms with Crippen molar-refractivity contribution in [1.82, 2.24) is 10.6 Å². The molecule has 0 bridgehead atoms. The molecule has 0 fully saturated rings. The summed E-state index contributed by atoms with van der Waals surface area (Å²) in [6.07, 6.45) is 4.52. The minimum atomic E-state index is -1.32. The molecular weight excluding hydrogens is 422 g/mol. The average Bonchev–Trinajstić information content (AvgIpc) is 2.68. The molecule has 0 aromatic heterocycles. The van der Waals surface area contributed by atoms with E-state index in [1.54, 1.807) is 20.8 Å². The van der Waals surface area contributed by atoms with E-state index in [4.69, 9.17) is 9.84 Å². The number of ether oxygens (including phenoxy) is 1. The van der Waals surface area contributed by atoms with Gasteiger partial charge in [0.15, 0.2) is 0 Å². The lowest BCUT2D eigenvalue weighted by atomic mass is 9.86. The van der Waals surface area contributed by atoms with Crippen molar-refractivity contribution < 1.29 is 24.5 Å². The van der Waals surface area contributed by atoms with Gasteiger partial charge in [0.25, 0.3) is 0 Å². The lowest BCUT2D eigenvalue weighted by molar-refractivity contribution is 0.0132. The average molecular weight is 464 g/mol. The van der Waals surface area contributed by atoms with E-state index in [9.17, 15) is 14.7 Å². The molecule has 0 saturated carbocycles. The van der Waals surface area contributed by atoms with Crippen LogP contribution in [0.15, 0.2) is 29.3 Å². The number of alkyl carbamates (subject to hydrolysis) is 1. The first-order chi connectivity index (χ1) is 15.5. The summed E-state index contributed by atoms with van der Waals surface area (Å²) in [7, 11) is 0. The van der Waals surface area contributed by atoms with Gasteiger partial charge in [-0.2, -0.15) is 0 Å². The summed E-state index contributed by atoms with van der Waals surface area (Å²) in [4.78, 5) is 27.0. The Morgan fingerprint density at radius 1 is 1.00 bits per heavy atom. The Bertz CT molecular complexity index is 780. The van der Waals surface area contributed by atoms with E-state index in [0.717, 1.165) is 50.5 Å². The largest absolute Gasteiger partial charge is 0.465 e. The van der Waals surface area contributed by atoms with E-state index < -0.39 is 23.4 Å². The SMILES string of the molecule is CCCC(O)(CCC)CCc1cccc(CCCN=C(NC(=O)O)NC(=O)OC(C)(C)C)c1. The zero-order chi connectivity index (χ0) is 24.9. The summed E-state index contributed by atoms with van der Waals surface area (Å²) in [6.45, 7) is 9.69. The summed E-state index contributed by atoms with van der Waals surface area (Å²) < 4.78 is 5.13. The van der Waals surface area contributed by atoms with Crippen molar-refractivity contribution >= 4 is 18.1 Å². The fourth-order valence-corrected chi connectivity index (χ4v) is 3.71. The molecule has 1 rings (SSSR count). The van der Waals surface area contributed by atoms with E-state index in [-0.39, 0.29) is 5.96 Å². The van der Waals surface area contributed by atoms with E-state index in [1.165, 1.54) is 5.56 Å². The third-order valence-corrected chi connectivity index (χ3v) is 5.04. The smallest absolute Gasteiger partial charge is 0.414 e. The van der Waals surface area contributed by atoms with E-state index in [2.05, 4.69) is 41.6 Å². The molecule has 0 spiro atoms. The number of benzene rings is 1. The van der Waals surface area contributed by atoms with Crippen LogP contribution in [0.2, 0.25) is 0 Å². The second-order valence-corrected chi connectivity index (χ2v) is 9.44. The normalized spacial score (nSPS) is 12.4. The molecule has 0 aliphatic rings. The van der Waals surface area contributed by atoms with Crippen LogP contribution in [-0.4, -0.2) is 46.1 Å². The van der Waals surface area contributed by atoms with E-state index in [0.29, 0.717) is 13.0 Å². The first kappa shape index (κ1) is 28.4. The van der Waals surface area contributed by atoms with Crippen LogP contribution < -0.4 is 10.6 Å². The molecule has 2 amide bonds. The van der Waals surface area contributed by atoms with Gasteiger partial charge >= 0.3 is 12.2 Å². The Hall–Kier alpha value is -2.61. The highest BCUT2D eigenvalue weighted by atomic mass is 16.6. The Labute approximate surface area is 197 Å². The molecule has 0 unspecified atom stereocenters. The number of carbonyl (C=O) groups excluding carboxylic acids is 1. The predicted octanol–water partition coefficient (Wildman–Crippen LogP) is 5.03. The van der Waals surface area contributed by atoms with Gasteiger partial charge in [0, 0.05) is 6.54 Å². The van der Waals surface area contributed by atoms with E-state index >= 15 is 0 Å². The van der Waals surface area contributed by atoms with Gasteiger partial charge in [-0.3, -0.25) is 15.6 Å².